The summed E-state index contributed by atoms with van der Waals surface area (Å²) in [7, 11) is -6.34. The van der Waals surface area contributed by atoms with E-state index in [1.165, 1.54) is 0 Å². The second-order valence-electron chi connectivity index (χ2n) is 14.4. The molecule has 1 aromatic rings. The summed E-state index contributed by atoms with van der Waals surface area (Å²) >= 11 is 0. The second kappa shape index (κ2) is 17.7. The Morgan fingerprint density at radius 2 is 1.68 bits per heavy atom. The molecule has 1 aliphatic carbocycles. The van der Waals surface area contributed by atoms with Crippen molar-refractivity contribution >= 4 is 18.4 Å². The van der Waals surface area contributed by atoms with E-state index < -0.39 is 24.2 Å². The van der Waals surface area contributed by atoms with Crippen LogP contribution in [0.4, 0.5) is 0 Å². The molecule has 0 spiro atoms. The van der Waals surface area contributed by atoms with Crippen LogP contribution in [0.5, 0.6) is 5.75 Å². The molecule has 264 valence electrons. The predicted molar refractivity (Wildman–Crippen MR) is 185 cm³/mol. The van der Waals surface area contributed by atoms with E-state index in [2.05, 4.69) is 51.8 Å². The molecule has 2 saturated heterocycles. The number of ether oxygens (including phenoxy) is 5. The average molecular weight is 693 g/mol. The molecule has 1 N–H and O–H groups in total. The van der Waals surface area contributed by atoms with Gasteiger partial charge in [0, 0.05) is 31.8 Å². The molecule has 3 fully saturated rings. The fourth-order valence-corrected chi connectivity index (χ4v) is 7.91. The van der Waals surface area contributed by atoms with Gasteiger partial charge in [0.2, 0.25) is 0 Å². The SMILES string of the molecule is CC(C)(C)[Si](C)(C)OC1C[C@@H](OC2CCCCO2)[C@@H](/C(=C\CCOc2ccccc2)OC2CCCCO2)[C@@H]1CCC#CCS(=O)(=O)O. The standard InChI is InChI=1S/C36H56O9SSi/c1-36(2,3)47(4,5)45-31-27-32(44-34-22-12-14-24-42-34)35(29(31)19-10-7-15-26-46(37,38)39)30(43-33-21-11-13-23-41-33)20-16-25-40-28-17-8-6-9-18-28/h6,8-9,17-18,20,29,31-35H,10-14,16,19,21-27H2,1-5H3,(H,37,38,39)/b30-20+/t29-,31?,32-,33?,34?,35-/m1/s1. The maximum atomic E-state index is 11.3. The molecule has 0 aromatic heterocycles. The highest BCUT2D eigenvalue weighted by atomic mass is 32.2. The predicted octanol–water partition coefficient (Wildman–Crippen LogP) is 7.49. The lowest BCUT2D eigenvalue weighted by molar-refractivity contribution is -0.201. The molecular weight excluding hydrogens is 637 g/mol. The van der Waals surface area contributed by atoms with Crippen LogP contribution >= 0.6 is 0 Å². The number of rotatable bonds is 14. The quantitative estimate of drug-likeness (QED) is 0.0697. The van der Waals surface area contributed by atoms with Gasteiger partial charge in [0.15, 0.2) is 20.9 Å². The minimum atomic E-state index is -4.16. The zero-order chi connectivity index (χ0) is 33.9. The maximum Gasteiger partial charge on any atom is 0.276 e. The topological polar surface area (TPSA) is 110 Å². The summed E-state index contributed by atoms with van der Waals surface area (Å²) in [5, 5.41) is 0.00759. The molecule has 1 saturated carbocycles. The van der Waals surface area contributed by atoms with Crippen LogP contribution in [0.2, 0.25) is 18.1 Å². The fourth-order valence-electron chi connectivity index (χ4n) is 6.24. The Balaban J connectivity index is 1.67. The van der Waals surface area contributed by atoms with Crippen LogP contribution < -0.4 is 4.74 Å². The Bertz CT molecular complexity index is 1290. The van der Waals surface area contributed by atoms with Crippen molar-refractivity contribution in [2.45, 2.75) is 128 Å². The molecule has 9 nitrogen and oxygen atoms in total. The largest absolute Gasteiger partial charge is 0.493 e. The molecule has 4 rings (SSSR count). The number of hydrogen-bond acceptors (Lipinski definition) is 8. The lowest BCUT2D eigenvalue weighted by Gasteiger charge is -2.40. The summed E-state index contributed by atoms with van der Waals surface area (Å²) < 4.78 is 70.7. The van der Waals surface area contributed by atoms with Crippen LogP contribution in [-0.2, 0) is 33.5 Å². The number of benzene rings is 1. The molecule has 11 heteroatoms. The van der Waals surface area contributed by atoms with E-state index in [4.69, 9.17) is 28.1 Å². The third kappa shape index (κ3) is 12.2. The van der Waals surface area contributed by atoms with Gasteiger partial charge in [-0.2, -0.15) is 8.42 Å². The first kappa shape index (κ1) is 37.9. The molecule has 0 bridgehead atoms. The van der Waals surface area contributed by atoms with E-state index in [1.807, 2.05) is 30.3 Å². The Hall–Kier alpha value is -1.91. The van der Waals surface area contributed by atoms with Crippen LogP contribution in [0.25, 0.3) is 0 Å². The van der Waals surface area contributed by atoms with Crippen molar-refractivity contribution in [2.24, 2.45) is 11.8 Å². The number of hydrogen-bond donors (Lipinski definition) is 1. The molecule has 3 aliphatic rings. The van der Waals surface area contributed by atoms with Gasteiger partial charge in [-0.15, -0.1) is 5.92 Å². The highest BCUT2D eigenvalue weighted by Crippen LogP contribution is 2.48. The van der Waals surface area contributed by atoms with E-state index in [9.17, 15) is 13.0 Å². The van der Waals surface area contributed by atoms with Crippen molar-refractivity contribution in [2.75, 3.05) is 25.6 Å². The molecular formula is C36H56O9SSi. The van der Waals surface area contributed by atoms with Gasteiger partial charge in [0.25, 0.3) is 10.1 Å². The van der Waals surface area contributed by atoms with Crippen LogP contribution in [0.15, 0.2) is 42.2 Å². The fraction of sp³-hybridized carbons (Fsp3) is 0.722. The molecule has 3 unspecified atom stereocenters. The van der Waals surface area contributed by atoms with Gasteiger partial charge in [0.05, 0.1) is 25.4 Å². The van der Waals surface area contributed by atoms with E-state index >= 15 is 0 Å². The minimum Gasteiger partial charge on any atom is -0.493 e. The summed E-state index contributed by atoms with van der Waals surface area (Å²) in [4.78, 5) is 0. The lowest BCUT2D eigenvalue weighted by Crippen LogP contribution is -2.45. The average Bonchev–Trinajstić information content (AvgIpc) is 3.34. The molecule has 2 aliphatic heterocycles. The van der Waals surface area contributed by atoms with Gasteiger partial charge >= 0.3 is 0 Å². The van der Waals surface area contributed by atoms with Gasteiger partial charge in [-0.25, -0.2) is 0 Å². The third-order valence-electron chi connectivity index (χ3n) is 9.71. The molecule has 0 amide bonds. The van der Waals surface area contributed by atoms with Crippen LogP contribution in [0.3, 0.4) is 0 Å². The Morgan fingerprint density at radius 1 is 1.00 bits per heavy atom. The smallest absolute Gasteiger partial charge is 0.276 e. The van der Waals surface area contributed by atoms with E-state index in [-0.39, 0.29) is 41.7 Å². The normalized spacial score (nSPS) is 27.6. The van der Waals surface area contributed by atoms with E-state index in [0.717, 1.165) is 50.0 Å². The van der Waals surface area contributed by atoms with Crippen molar-refractivity contribution in [1.82, 2.24) is 0 Å². The Kier molecular flexibility index (Phi) is 14.2. The summed E-state index contributed by atoms with van der Waals surface area (Å²) in [5.41, 5.74) is 0. The minimum absolute atomic E-state index is 0.00759. The third-order valence-corrected chi connectivity index (χ3v) is 14.7. The molecule has 1 aromatic carbocycles. The molecule has 6 atom stereocenters. The first-order valence-electron chi connectivity index (χ1n) is 17.3. The summed E-state index contributed by atoms with van der Waals surface area (Å²) in [6.45, 7) is 13.1. The highest BCUT2D eigenvalue weighted by molar-refractivity contribution is 7.86. The second-order valence-corrected chi connectivity index (χ2v) is 20.6. The van der Waals surface area contributed by atoms with Gasteiger partial charge in [-0.1, -0.05) is 44.9 Å². The van der Waals surface area contributed by atoms with Crippen LogP contribution in [0, 0.1) is 23.7 Å². The van der Waals surface area contributed by atoms with Crippen molar-refractivity contribution in [3.05, 3.63) is 42.2 Å². The van der Waals surface area contributed by atoms with Gasteiger partial charge < -0.3 is 28.1 Å². The monoisotopic (exact) mass is 692 g/mol. The molecule has 0 radical (unpaired) electrons. The zero-order valence-corrected chi connectivity index (χ0v) is 30.8. The summed E-state index contributed by atoms with van der Waals surface area (Å²) in [6, 6.07) is 9.78. The highest BCUT2D eigenvalue weighted by Gasteiger charge is 2.51. The van der Waals surface area contributed by atoms with Crippen LogP contribution in [-0.4, -0.2) is 71.6 Å². The Labute approximate surface area is 283 Å². The van der Waals surface area contributed by atoms with Crippen molar-refractivity contribution < 1.29 is 41.1 Å². The lowest BCUT2D eigenvalue weighted by atomic mass is 9.87. The Morgan fingerprint density at radius 3 is 2.30 bits per heavy atom. The van der Waals surface area contributed by atoms with Gasteiger partial charge in [-0.3, -0.25) is 4.55 Å². The molecule has 47 heavy (non-hydrogen) atoms. The summed E-state index contributed by atoms with van der Waals surface area (Å²) in [6.07, 6.45) is 9.42. The van der Waals surface area contributed by atoms with Gasteiger partial charge in [0.1, 0.15) is 17.3 Å². The van der Waals surface area contributed by atoms with E-state index in [1.54, 1.807) is 0 Å². The first-order valence-corrected chi connectivity index (χ1v) is 21.9. The summed E-state index contributed by atoms with van der Waals surface area (Å²) in [5.74, 6) is 6.52. The van der Waals surface area contributed by atoms with Crippen molar-refractivity contribution in [1.29, 1.82) is 0 Å². The first-order chi connectivity index (χ1) is 22.3. The molecule has 2 heterocycles. The maximum absolute atomic E-state index is 11.3. The van der Waals surface area contributed by atoms with E-state index in [0.29, 0.717) is 45.5 Å². The van der Waals surface area contributed by atoms with Crippen molar-refractivity contribution in [3.63, 3.8) is 0 Å². The van der Waals surface area contributed by atoms with Gasteiger partial charge in [-0.05, 0) is 87.2 Å². The number of para-hydroxylation sites is 1. The zero-order valence-electron chi connectivity index (χ0n) is 28.9. The van der Waals surface area contributed by atoms with Crippen molar-refractivity contribution in [3.8, 4) is 17.6 Å². The van der Waals surface area contributed by atoms with Crippen LogP contribution in [0.1, 0.15) is 85.0 Å².